The molecular weight excluding hydrogens is 969 g/mol. The molecule has 6 heterocycles. The Balaban J connectivity index is 0.824. The molecule has 0 aromatic rings. The molecule has 23 nitrogen and oxygen atoms in total. The summed E-state index contributed by atoms with van der Waals surface area (Å²) in [7, 11) is 0. The maximum absolute atomic E-state index is 11.9. The van der Waals surface area contributed by atoms with Crippen molar-refractivity contribution in [3.63, 3.8) is 0 Å². The van der Waals surface area contributed by atoms with Gasteiger partial charge < -0.3 is 114 Å². The fourth-order valence-electron chi connectivity index (χ4n) is 15.3. The van der Waals surface area contributed by atoms with Gasteiger partial charge in [-0.2, -0.15) is 0 Å². The SMILES string of the molecule is C[C@@H]1CC[C@@]2(OC1)O[C@H]1C[C@H]3[C@@H]4CC=C5C[C@@H](O[C@@H]6O[C@H](CO)[C@H](O[C@@H]7O[C@H](CO)[C@@H](O[C@@H]8OC[C@@H](O)[C@H](O)[C@H]8O)[C@H](O)[C@H]7O[C@@H]7O[C@H](CO)[C@@H](O)[C@H](O)[C@H]7O)[C@H](O)[C@H]6O)[C@H](O)C[C@]5(C)[C@H]4CC[C@]3(C)[C@H]1[C@@H]2C. The highest BCUT2D eigenvalue weighted by molar-refractivity contribution is 5.27. The van der Waals surface area contributed by atoms with Gasteiger partial charge in [-0.1, -0.05) is 39.3 Å². The second-order valence-corrected chi connectivity index (χ2v) is 23.6. The summed E-state index contributed by atoms with van der Waals surface area (Å²) in [6.07, 6.45) is -26.2. The zero-order valence-corrected chi connectivity index (χ0v) is 41.8. The van der Waals surface area contributed by atoms with E-state index >= 15 is 0 Å². The summed E-state index contributed by atoms with van der Waals surface area (Å²) < 4.78 is 60.6. The van der Waals surface area contributed by atoms with E-state index in [9.17, 15) is 66.4 Å². The first-order chi connectivity index (χ1) is 34.7. The normalized spacial score (nSPS) is 57.1. The lowest BCUT2D eigenvalue weighted by molar-refractivity contribution is -0.401. The van der Waals surface area contributed by atoms with E-state index in [1.807, 2.05) is 0 Å². The minimum Gasteiger partial charge on any atom is -0.394 e. The van der Waals surface area contributed by atoms with Crippen LogP contribution in [-0.4, -0.2) is 240 Å². The van der Waals surface area contributed by atoms with Crippen LogP contribution in [0.3, 0.4) is 0 Å². The largest absolute Gasteiger partial charge is 0.394 e. The van der Waals surface area contributed by atoms with Gasteiger partial charge in [0.1, 0.15) is 91.6 Å². The zero-order valence-electron chi connectivity index (χ0n) is 41.8. The Morgan fingerprint density at radius 3 is 1.90 bits per heavy atom. The number of ether oxygens (including phenoxy) is 10. The Hall–Kier alpha value is -1.18. The van der Waals surface area contributed by atoms with E-state index in [1.54, 1.807) is 0 Å². The Bertz CT molecular complexity index is 1920. The van der Waals surface area contributed by atoms with Crippen molar-refractivity contribution in [1.82, 2.24) is 0 Å². The predicted octanol–water partition coefficient (Wildman–Crippen LogP) is -3.38. The summed E-state index contributed by atoms with van der Waals surface area (Å²) in [6, 6.07) is 0. The van der Waals surface area contributed by atoms with Gasteiger partial charge in [0.15, 0.2) is 30.9 Å². The first-order valence-electron chi connectivity index (χ1n) is 26.5. The molecule has 9 fully saturated rings. The maximum Gasteiger partial charge on any atom is 0.187 e. The van der Waals surface area contributed by atoms with Gasteiger partial charge in [-0.15, -0.1) is 0 Å². The monoisotopic (exact) mass is 1050 g/mol. The van der Waals surface area contributed by atoms with Gasteiger partial charge in [-0.25, -0.2) is 0 Å². The number of hydrogen-bond donors (Lipinski definition) is 13. The summed E-state index contributed by atoms with van der Waals surface area (Å²) in [5.41, 5.74) is 0.937. The Morgan fingerprint density at radius 1 is 0.603 bits per heavy atom. The lowest BCUT2D eigenvalue weighted by Gasteiger charge is -2.59. The van der Waals surface area contributed by atoms with Crippen molar-refractivity contribution in [1.29, 1.82) is 0 Å². The molecule has 73 heavy (non-hydrogen) atoms. The molecule has 3 saturated carbocycles. The quantitative estimate of drug-likeness (QED) is 0.0898. The average Bonchev–Trinajstić information content (AvgIpc) is 3.82. The van der Waals surface area contributed by atoms with E-state index in [1.165, 1.54) is 0 Å². The minimum absolute atomic E-state index is 0.103. The van der Waals surface area contributed by atoms with Crippen molar-refractivity contribution >= 4 is 0 Å². The zero-order chi connectivity index (χ0) is 52.2. The van der Waals surface area contributed by atoms with Gasteiger partial charge >= 0.3 is 0 Å². The second-order valence-electron chi connectivity index (χ2n) is 23.6. The van der Waals surface area contributed by atoms with Crippen LogP contribution in [-0.2, 0) is 47.4 Å². The molecule has 418 valence electrons. The molecule has 4 aliphatic carbocycles. The Morgan fingerprint density at radius 2 is 1.22 bits per heavy atom. The number of fused-ring (bicyclic) bond motifs is 7. The van der Waals surface area contributed by atoms with Gasteiger partial charge in [0.05, 0.1) is 51.3 Å². The molecule has 23 heteroatoms. The molecule has 13 N–H and O–H groups in total. The molecule has 10 rings (SSSR count). The topological polar surface area (TPSA) is 355 Å². The number of aliphatic hydroxyl groups is 13. The Labute approximate surface area is 423 Å². The summed E-state index contributed by atoms with van der Waals surface area (Å²) in [6.45, 7) is 6.95. The summed E-state index contributed by atoms with van der Waals surface area (Å²) in [4.78, 5) is 0. The number of aliphatic hydroxyl groups excluding tert-OH is 13. The van der Waals surface area contributed by atoms with Crippen molar-refractivity contribution < 1.29 is 114 Å². The number of hydrogen-bond acceptors (Lipinski definition) is 23. The highest BCUT2D eigenvalue weighted by atomic mass is 16.8. The molecule has 1 spiro atoms. The molecule has 31 atom stereocenters. The van der Waals surface area contributed by atoms with Crippen LogP contribution < -0.4 is 0 Å². The van der Waals surface area contributed by atoms with E-state index in [0.29, 0.717) is 48.3 Å². The van der Waals surface area contributed by atoms with Crippen LogP contribution in [0.4, 0.5) is 0 Å². The molecule has 6 aliphatic heterocycles. The molecule has 0 bridgehead atoms. The maximum atomic E-state index is 11.9. The highest BCUT2D eigenvalue weighted by Gasteiger charge is 2.69. The van der Waals surface area contributed by atoms with E-state index in [4.69, 9.17) is 47.4 Å². The first kappa shape index (κ1) is 55.1. The van der Waals surface area contributed by atoms with Crippen LogP contribution >= 0.6 is 0 Å². The number of allylic oxidation sites excluding steroid dienone is 1. The van der Waals surface area contributed by atoms with Crippen molar-refractivity contribution in [2.75, 3.05) is 33.0 Å². The summed E-state index contributed by atoms with van der Waals surface area (Å²) in [5.74, 6) is 1.93. The van der Waals surface area contributed by atoms with Crippen LogP contribution in [0.15, 0.2) is 11.6 Å². The molecule has 0 amide bonds. The van der Waals surface area contributed by atoms with Crippen LogP contribution in [0.2, 0.25) is 0 Å². The van der Waals surface area contributed by atoms with Gasteiger partial charge in [-0.05, 0) is 85.4 Å². The lowest BCUT2D eigenvalue weighted by Crippen LogP contribution is -2.68. The standard InChI is InChI=1S/C50H80O23/c1-19-7-10-50(65-17-19)20(2)32-28(73-50)12-24-22-6-5-21-11-27(25(54)13-49(21,4)23(22)8-9-48(24,32)3)66-45-39(62)36(59)41(30(15-52)68-45)71-47-43(72-46-38(61)35(58)34(57)29(14-51)67-46)40(63)42(31(16-53)69-47)70-44-37(60)33(56)26(55)18-64-44/h5,19-20,22-47,51-63H,6-18H2,1-4H3/t19-,20+,22-,23+,24+,25-,26-,27-,28+,29-,30-,31-,32+,33+,34-,35+,36-,37-,38-,39-,40+,41+,42-,43-,44+,45-,46+,47+,48+,49+,50-/m1/s1. The molecule has 0 unspecified atom stereocenters. The van der Waals surface area contributed by atoms with Gasteiger partial charge in [0, 0.05) is 12.3 Å². The average molecular weight is 1050 g/mol. The third-order valence-corrected chi connectivity index (χ3v) is 19.5. The minimum atomic E-state index is -2.01. The molecule has 0 radical (unpaired) electrons. The molecular formula is C50H80O23. The second kappa shape index (κ2) is 21.1. The van der Waals surface area contributed by atoms with E-state index in [-0.39, 0.29) is 16.9 Å². The third-order valence-electron chi connectivity index (χ3n) is 19.5. The summed E-state index contributed by atoms with van der Waals surface area (Å²) in [5, 5.41) is 141. The third kappa shape index (κ3) is 9.41. The molecule has 0 aromatic carbocycles. The van der Waals surface area contributed by atoms with Crippen molar-refractivity contribution in [2.45, 2.75) is 220 Å². The molecule has 0 aromatic heterocycles. The van der Waals surface area contributed by atoms with Gasteiger partial charge in [-0.3, -0.25) is 0 Å². The van der Waals surface area contributed by atoms with E-state index < -0.39 is 161 Å². The van der Waals surface area contributed by atoms with E-state index in [0.717, 1.165) is 50.7 Å². The predicted molar refractivity (Wildman–Crippen MR) is 244 cm³/mol. The van der Waals surface area contributed by atoms with Crippen molar-refractivity contribution in [3.8, 4) is 0 Å². The highest BCUT2D eigenvalue weighted by Crippen LogP contribution is 2.71. The fourth-order valence-corrected chi connectivity index (χ4v) is 15.3. The molecule has 6 saturated heterocycles. The van der Waals surface area contributed by atoms with Crippen molar-refractivity contribution in [3.05, 3.63) is 11.6 Å². The van der Waals surface area contributed by atoms with Gasteiger partial charge in [0.25, 0.3) is 0 Å². The number of rotatable bonds is 11. The van der Waals surface area contributed by atoms with Crippen LogP contribution in [0.5, 0.6) is 0 Å². The smallest absolute Gasteiger partial charge is 0.187 e. The Kier molecular flexibility index (Phi) is 16.0. The fraction of sp³-hybridized carbons (Fsp3) is 0.960. The molecule has 10 aliphatic rings. The van der Waals surface area contributed by atoms with Crippen molar-refractivity contribution in [2.24, 2.45) is 46.3 Å². The summed E-state index contributed by atoms with van der Waals surface area (Å²) >= 11 is 0. The van der Waals surface area contributed by atoms with Crippen LogP contribution in [0.25, 0.3) is 0 Å². The van der Waals surface area contributed by atoms with Gasteiger partial charge in [0.2, 0.25) is 0 Å². The first-order valence-corrected chi connectivity index (χ1v) is 26.5. The van der Waals surface area contributed by atoms with Crippen LogP contribution in [0.1, 0.15) is 79.1 Å². The van der Waals surface area contributed by atoms with E-state index in [2.05, 4.69) is 33.8 Å². The van der Waals surface area contributed by atoms with Crippen LogP contribution in [0, 0.1) is 46.3 Å². The lowest BCUT2D eigenvalue weighted by atomic mass is 9.46.